The molecule has 1 rings (SSSR count). The Morgan fingerprint density at radius 1 is 1.50 bits per heavy atom. The monoisotopic (exact) mass is 255 g/mol. The van der Waals surface area contributed by atoms with Crippen LogP contribution >= 0.6 is 0 Å². The van der Waals surface area contributed by atoms with Gasteiger partial charge >= 0.3 is 0 Å². The number of aliphatic hydroxyl groups excluding tert-OH is 1. The predicted octanol–water partition coefficient (Wildman–Crippen LogP) is -0.126. The zero-order valence-electron chi connectivity index (χ0n) is 10.3. The molecule has 0 aromatic heterocycles. The van der Waals surface area contributed by atoms with Gasteiger partial charge in [0, 0.05) is 12.1 Å². The molecule has 0 aliphatic carbocycles. The third-order valence-electron chi connectivity index (χ3n) is 2.41. The van der Waals surface area contributed by atoms with Crippen molar-refractivity contribution in [2.45, 2.75) is 12.5 Å². The topological polar surface area (TPSA) is 99.0 Å². The van der Waals surface area contributed by atoms with E-state index in [0.29, 0.717) is 0 Å². The summed E-state index contributed by atoms with van der Waals surface area (Å²) in [6, 6.07) is 4.22. The van der Waals surface area contributed by atoms with Gasteiger partial charge in [0.15, 0.2) is 11.5 Å². The van der Waals surface area contributed by atoms with Crippen LogP contribution in [0, 0.1) is 0 Å². The molecule has 0 aliphatic heterocycles. The van der Waals surface area contributed by atoms with Crippen molar-refractivity contribution in [3.8, 4) is 11.5 Å². The van der Waals surface area contributed by atoms with Crippen molar-refractivity contribution >= 4 is 5.91 Å². The molecule has 1 amide bonds. The Hall–Kier alpha value is -1.79. The second kappa shape index (κ2) is 5.70. The number of hydrogen-bond donors (Lipinski definition) is 4. The fourth-order valence-electron chi connectivity index (χ4n) is 1.26. The van der Waals surface area contributed by atoms with Gasteiger partial charge in [-0.25, -0.2) is 0 Å². The Morgan fingerprint density at radius 2 is 2.17 bits per heavy atom. The van der Waals surface area contributed by atoms with Crippen LogP contribution in [0.15, 0.2) is 18.2 Å². The lowest BCUT2D eigenvalue weighted by Gasteiger charge is -2.20. The van der Waals surface area contributed by atoms with Crippen LogP contribution in [-0.2, 0) is 0 Å². The van der Waals surface area contributed by atoms with E-state index in [0.717, 1.165) is 0 Å². The average Bonchev–Trinajstić information content (AvgIpc) is 2.36. The lowest BCUT2D eigenvalue weighted by atomic mass is 10.1. The molecule has 1 aromatic rings. The van der Waals surface area contributed by atoms with Crippen LogP contribution < -0.4 is 10.1 Å². The summed E-state index contributed by atoms with van der Waals surface area (Å²) < 4.78 is 4.86. The summed E-state index contributed by atoms with van der Waals surface area (Å²) in [5.41, 5.74) is -1.13. The molecular weight excluding hydrogens is 238 g/mol. The van der Waals surface area contributed by atoms with Crippen LogP contribution in [0.1, 0.15) is 17.3 Å². The largest absolute Gasteiger partial charge is 0.504 e. The maximum atomic E-state index is 11.7. The molecule has 0 spiro atoms. The number of aliphatic hydroxyl groups is 2. The molecular formula is C12H17NO5. The summed E-state index contributed by atoms with van der Waals surface area (Å²) in [5, 5.41) is 30.3. The highest BCUT2D eigenvalue weighted by Crippen LogP contribution is 2.26. The Balaban J connectivity index is 2.71. The van der Waals surface area contributed by atoms with Crippen LogP contribution in [0.5, 0.6) is 11.5 Å². The number of rotatable bonds is 5. The van der Waals surface area contributed by atoms with Crippen molar-refractivity contribution in [3.63, 3.8) is 0 Å². The fraction of sp³-hybridized carbons (Fsp3) is 0.417. The molecule has 0 saturated heterocycles. The average molecular weight is 255 g/mol. The second-order valence-electron chi connectivity index (χ2n) is 4.22. The third-order valence-corrected chi connectivity index (χ3v) is 2.41. The van der Waals surface area contributed by atoms with Gasteiger partial charge in [-0.1, -0.05) is 0 Å². The number of carbonyl (C=O) groups is 1. The summed E-state index contributed by atoms with van der Waals surface area (Å²) in [5.74, 6) is -0.324. The number of nitrogens with one attached hydrogen (secondary N) is 1. The van der Waals surface area contributed by atoms with E-state index in [2.05, 4.69) is 5.32 Å². The van der Waals surface area contributed by atoms with E-state index in [9.17, 15) is 15.0 Å². The van der Waals surface area contributed by atoms with Crippen LogP contribution in [0.4, 0.5) is 0 Å². The fourth-order valence-corrected chi connectivity index (χ4v) is 1.26. The molecule has 0 fully saturated rings. The van der Waals surface area contributed by atoms with Crippen molar-refractivity contribution in [3.05, 3.63) is 23.8 Å². The molecule has 1 unspecified atom stereocenters. The molecule has 0 aliphatic rings. The Labute approximate surface area is 105 Å². The van der Waals surface area contributed by atoms with E-state index in [1.54, 1.807) is 0 Å². The normalized spacial score (nSPS) is 13.8. The highest BCUT2D eigenvalue weighted by Gasteiger charge is 2.20. The highest BCUT2D eigenvalue weighted by molar-refractivity contribution is 5.94. The standard InChI is InChI=1S/C12H17NO5/c1-12(17,7-14)6-13-11(16)8-3-4-10(18-2)9(15)5-8/h3-5,14-15,17H,6-7H2,1-2H3,(H,13,16). The van der Waals surface area contributed by atoms with Crippen LogP contribution in [0.3, 0.4) is 0 Å². The van der Waals surface area contributed by atoms with E-state index in [1.165, 1.54) is 32.2 Å². The number of amides is 1. The number of ether oxygens (including phenoxy) is 1. The molecule has 6 nitrogen and oxygen atoms in total. The molecule has 0 radical (unpaired) electrons. The summed E-state index contributed by atoms with van der Waals surface area (Å²) in [6.45, 7) is 0.856. The quantitative estimate of drug-likeness (QED) is 0.587. The number of methoxy groups -OCH3 is 1. The number of aromatic hydroxyl groups is 1. The second-order valence-corrected chi connectivity index (χ2v) is 4.22. The van der Waals surface area contributed by atoms with Gasteiger partial charge in [-0.05, 0) is 25.1 Å². The molecule has 1 atom stereocenters. The number of phenols is 1. The Kier molecular flexibility index (Phi) is 4.52. The summed E-state index contributed by atoms with van der Waals surface area (Å²) >= 11 is 0. The zero-order chi connectivity index (χ0) is 13.8. The number of carbonyl (C=O) groups excluding carboxylic acids is 1. The summed E-state index contributed by atoms with van der Waals surface area (Å²) in [7, 11) is 1.41. The first-order chi connectivity index (χ1) is 8.39. The van der Waals surface area contributed by atoms with E-state index in [4.69, 9.17) is 9.84 Å². The number of hydrogen-bond acceptors (Lipinski definition) is 5. The van der Waals surface area contributed by atoms with Gasteiger partial charge in [-0.15, -0.1) is 0 Å². The van der Waals surface area contributed by atoms with Crippen molar-refractivity contribution in [1.29, 1.82) is 0 Å². The minimum Gasteiger partial charge on any atom is -0.504 e. The van der Waals surface area contributed by atoms with Gasteiger partial charge in [0.1, 0.15) is 5.60 Å². The SMILES string of the molecule is COc1ccc(C(=O)NCC(C)(O)CO)cc1O. The molecule has 0 bridgehead atoms. The van der Waals surface area contributed by atoms with Gasteiger partial charge in [-0.2, -0.15) is 0 Å². The zero-order valence-corrected chi connectivity index (χ0v) is 10.3. The van der Waals surface area contributed by atoms with Gasteiger partial charge in [0.25, 0.3) is 5.91 Å². The van der Waals surface area contributed by atoms with Crippen molar-refractivity contribution in [2.24, 2.45) is 0 Å². The summed E-state index contributed by atoms with van der Waals surface area (Å²) in [4.78, 5) is 11.7. The lowest BCUT2D eigenvalue weighted by Crippen LogP contribution is -2.43. The molecule has 18 heavy (non-hydrogen) atoms. The highest BCUT2D eigenvalue weighted by atomic mass is 16.5. The molecule has 0 saturated carbocycles. The van der Waals surface area contributed by atoms with E-state index < -0.39 is 18.1 Å². The smallest absolute Gasteiger partial charge is 0.251 e. The predicted molar refractivity (Wildman–Crippen MR) is 64.7 cm³/mol. The lowest BCUT2D eigenvalue weighted by molar-refractivity contribution is 0.00320. The van der Waals surface area contributed by atoms with Gasteiger partial charge in [0.2, 0.25) is 0 Å². The molecule has 1 aromatic carbocycles. The van der Waals surface area contributed by atoms with Crippen LogP contribution in [0.2, 0.25) is 0 Å². The van der Waals surface area contributed by atoms with Crippen LogP contribution in [0.25, 0.3) is 0 Å². The van der Waals surface area contributed by atoms with Crippen molar-refractivity contribution in [1.82, 2.24) is 5.32 Å². The molecule has 100 valence electrons. The maximum Gasteiger partial charge on any atom is 0.251 e. The first kappa shape index (κ1) is 14.3. The van der Waals surface area contributed by atoms with Gasteiger partial charge < -0.3 is 25.4 Å². The van der Waals surface area contributed by atoms with Gasteiger partial charge in [-0.3, -0.25) is 4.79 Å². The number of benzene rings is 1. The van der Waals surface area contributed by atoms with E-state index >= 15 is 0 Å². The molecule has 0 heterocycles. The minimum atomic E-state index is -1.37. The maximum absolute atomic E-state index is 11.7. The van der Waals surface area contributed by atoms with Crippen molar-refractivity contribution < 1.29 is 24.9 Å². The minimum absolute atomic E-state index is 0.0882. The number of phenolic OH excluding ortho intramolecular Hbond substituents is 1. The third kappa shape index (κ3) is 3.61. The van der Waals surface area contributed by atoms with Gasteiger partial charge in [0.05, 0.1) is 13.7 Å². The molecule has 4 N–H and O–H groups in total. The van der Waals surface area contributed by atoms with Crippen molar-refractivity contribution in [2.75, 3.05) is 20.3 Å². The Bertz CT molecular complexity index is 430. The van der Waals surface area contributed by atoms with Crippen LogP contribution in [-0.4, -0.2) is 47.1 Å². The molecule has 6 heteroatoms. The summed E-state index contributed by atoms with van der Waals surface area (Å²) in [6.07, 6.45) is 0. The van der Waals surface area contributed by atoms with E-state index in [-0.39, 0.29) is 23.6 Å². The van der Waals surface area contributed by atoms with E-state index in [1.807, 2.05) is 0 Å². The first-order valence-corrected chi connectivity index (χ1v) is 5.38. The Morgan fingerprint density at radius 3 is 2.67 bits per heavy atom. The first-order valence-electron chi connectivity index (χ1n) is 5.38.